The number of rotatable bonds is 4. The van der Waals surface area contributed by atoms with E-state index in [1.807, 2.05) is 0 Å². The topological polar surface area (TPSA) is 27.7 Å². The molecule has 1 aliphatic heterocycles. The van der Waals surface area contributed by atoms with Gasteiger partial charge >= 0.3 is 0 Å². The zero-order valence-corrected chi connectivity index (χ0v) is 19.1. The molecule has 0 aromatic heterocycles. The summed E-state index contributed by atoms with van der Waals surface area (Å²) >= 11 is 0. The SMILES string of the molecule is C=C[C@@]12C=CC3(C[C@@H]1[C@@H](O[Si](C)(C)C(C)(C)C)C[C@@H](C(=C)C)C2)OCCO3. The molecule has 0 unspecified atom stereocenters. The molecule has 3 aliphatic rings. The van der Waals surface area contributed by atoms with Gasteiger partial charge in [-0.15, -0.1) is 6.58 Å². The number of allylic oxidation sites excluding steroid dienone is 3. The van der Waals surface area contributed by atoms with E-state index in [1.165, 1.54) is 5.57 Å². The fraction of sp³-hybridized carbons (Fsp3) is 0.739. The Bertz CT molecular complexity index is 624. The van der Waals surface area contributed by atoms with E-state index >= 15 is 0 Å². The first-order valence-electron chi connectivity index (χ1n) is 10.4. The highest BCUT2D eigenvalue weighted by molar-refractivity contribution is 6.74. The Balaban J connectivity index is 1.98. The molecule has 1 spiro atoms. The normalized spacial score (nSPS) is 35.9. The molecule has 152 valence electrons. The van der Waals surface area contributed by atoms with Crippen molar-refractivity contribution in [3.63, 3.8) is 0 Å². The molecule has 0 radical (unpaired) electrons. The highest BCUT2D eigenvalue weighted by atomic mass is 28.4. The maximum Gasteiger partial charge on any atom is 0.192 e. The van der Waals surface area contributed by atoms with Crippen molar-refractivity contribution in [2.75, 3.05) is 13.2 Å². The Morgan fingerprint density at radius 1 is 1.19 bits per heavy atom. The monoisotopic (exact) mass is 390 g/mol. The smallest absolute Gasteiger partial charge is 0.192 e. The van der Waals surface area contributed by atoms with E-state index in [0.717, 1.165) is 19.3 Å². The summed E-state index contributed by atoms with van der Waals surface area (Å²) < 4.78 is 19.1. The Morgan fingerprint density at radius 3 is 2.33 bits per heavy atom. The van der Waals surface area contributed by atoms with Crippen LogP contribution in [0.1, 0.15) is 47.0 Å². The molecule has 4 heteroatoms. The average Bonchev–Trinajstić information content (AvgIpc) is 3.02. The van der Waals surface area contributed by atoms with Crippen LogP contribution in [-0.2, 0) is 13.9 Å². The van der Waals surface area contributed by atoms with Crippen LogP contribution in [0.3, 0.4) is 0 Å². The lowest BCUT2D eigenvalue weighted by molar-refractivity contribution is -0.160. The van der Waals surface area contributed by atoms with E-state index in [-0.39, 0.29) is 16.6 Å². The Morgan fingerprint density at radius 2 is 1.81 bits per heavy atom. The molecule has 3 rings (SSSR count). The fourth-order valence-electron chi connectivity index (χ4n) is 4.67. The summed E-state index contributed by atoms with van der Waals surface area (Å²) in [6.45, 7) is 23.6. The van der Waals surface area contributed by atoms with Crippen LogP contribution < -0.4 is 0 Å². The van der Waals surface area contributed by atoms with Crippen molar-refractivity contribution in [3.05, 3.63) is 37.0 Å². The summed E-state index contributed by atoms with van der Waals surface area (Å²) in [5.41, 5.74) is 1.18. The van der Waals surface area contributed by atoms with Gasteiger partial charge in [0.15, 0.2) is 14.1 Å². The predicted octanol–water partition coefficient (Wildman–Crippen LogP) is 5.85. The van der Waals surface area contributed by atoms with Gasteiger partial charge in [0.2, 0.25) is 0 Å². The first-order chi connectivity index (χ1) is 12.4. The summed E-state index contributed by atoms with van der Waals surface area (Å²) in [6, 6.07) is 0. The Labute approximate surface area is 167 Å². The van der Waals surface area contributed by atoms with E-state index in [0.29, 0.717) is 25.0 Å². The third-order valence-electron chi connectivity index (χ3n) is 7.51. The van der Waals surface area contributed by atoms with Gasteiger partial charge < -0.3 is 13.9 Å². The van der Waals surface area contributed by atoms with E-state index in [1.54, 1.807) is 0 Å². The van der Waals surface area contributed by atoms with Crippen LogP contribution in [0, 0.1) is 17.3 Å². The second kappa shape index (κ2) is 6.98. The molecular weight excluding hydrogens is 352 g/mol. The summed E-state index contributed by atoms with van der Waals surface area (Å²) in [4.78, 5) is 0. The molecule has 2 aliphatic carbocycles. The summed E-state index contributed by atoms with van der Waals surface area (Å²) in [6.07, 6.45) is 9.70. The van der Waals surface area contributed by atoms with Gasteiger partial charge in [-0.2, -0.15) is 0 Å². The Hall–Kier alpha value is -0.683. The molecule has 0 N–H and O–H groups in total. The summed E-state index contributed by atoms with van der Waals surface area (Å²) in [5.74, 6) is 0.211. The van der Waals surface area contributed by atoms with Crippen molar-refractivity contribution in [2.45, 2.75) is 77.0 Å². The first-order valence-corrected chi connectivity index (χ1v) is 13.3. The molecule has 0 amide bonds. The molecular formula is C23H38O3Si. The van der Waals surface area contributed by atoms with Crippen LogP contribution in [0.25, 0.3) is 0 Å². The minimum absolute atomic E-state index is 0.0740. The zero-order chi connectivity index (χ0) is 20.1. The second-order valence-electron chi connectivity index (χ2n) is 10.4. The van der Waals surface area contributed by atoms with E-state index in [4.69, 9.17) is 13.9 Å². The van der Waals surface area contributed by atoms with Crippen molar-refractivity contribution >= 4 is 8.32 Å². The molecule has 0 aromatic carbocycles. The number of ether oxygens (including phenoxy) is 2. The second-order valence-corrected chi connectivity index (χ2v) is 15.1. The van der Waals surface area contributed by atoms with Crippen molar-refractivity contribution in [2.24, 2.45) is 17.3 Å². The lowest BCUT2D eigenvalue weighted by Gasteiger charge is -2.54. The predicted molar refractivity (Wildman–Crippen MR) is 114 cm³/mol. The molecule has 1 heterocycles. The maximum absolute atomic E-state index is 7.03. The maximum atomic E-state index is 7.03. The third kappa shape index (κ3) is 3.78. The average molecular weight is 391 g/mol. The van der Waals surface area contributed by atoms with Crippen LogP contribution in [0.2, 0.25) is 18.1 Å². The fourth-order valence-corrected chi connectivity index (χ4v) is 6.04. The van der Waals surface area contributed by atoms with Gasteiger partial charge in [0.05, 0.1) is 13.2 Å². The number of hydrogen-bond acceptors (Lipinski definition) is 3. The highest BCUT2D eigenvalue weighted by Crippen LogP contribution is 2.56. The van der Waals surface area contributed by atoms with Crippen LogP contribution >= 0.6 is 0 Å². The van der Waals surface area contributed by atoms with Gasteiger partial charge in [-0.3, -0.25) is 0 Å². The van der Waals surface area contributed by atoms with Gasteiger partial charge in [-0.1, -0.05) is 45.1 Å². The van der Waals surface area contributed by atoms with Crippen molar-refractivity contribution < 1.29 is 13.9 Å². The van der Waals surface area contributed by atoms with Gasteiger partial charge in [0.25, 0.3) is 0 Å². The first kappa shape index (κ1) is 21.0. The largest absolute Gasteiger partial charge is 0.414 e. The quantitative estimate of drug-likeness (QED) is 0.445. The van der Waals surface area contributed by atoms with E-state index in [9.17, 15) is 0 Å². The molecule has 1 saturated heterocycles. The molecule has 1 saturated carbocycles. The van der Waals surface area contributed by atoms with E-state index in [2.05, 4.69) is 72.2 Å². The summed E-state index contributed by atoms with van der Waals surface area (Å²) in [7, 11) is -1.90. The van der Waals surface area contributed by atoms with Gasteiger partial charge in [-0.05, 0) is 49.9 Å². The Kier molecular flexibility index (Phi) is 5.44. The molecule has 0 bridgehead atoms. The summed E-state index contributed by atoms with van der Waals surface area (Å²) in [5, 5.41) is 0.183. The number of fused-ring (bicyclic) bond motifs is 1. The van der Waals surface area contributed by atoms with Gasteiger partial charge in [0.1, 0.15) is 0 Å². The molecule has 3 nitrogen and oxygen atoms in total. The lowest BCUT2D eigenvalue weighted by Crippen LogP contribution is -2.55. The standard InChI is InChI=1S/C23H38O3Si/c1-9-22-10-11-23(24-12-13-25-23)16-19(22)20(14-18(15-22)17(2)3)26-27(7,8)21(4,5)6/h9-11,18-20H,1-2,12-16H2,3-8H3/t18-,19-,20+,22+/m1/s1. The zero-order valence-electron chi connectivity index (χ0n) is 18.1. The van der Waals surface area contributed by atoms with Crippen molar-refractivity contribution in [1.29, 1.82) is 0 Å². The third-order valence-corrected chi connectivity index (χ3v) is 12.0. The molecule has 27 heavy (non-hydrogen) atoms. The number of hydrogen-bond donors (Lipinski definition) is 0. The van der Waals surface area contributed by atoms with Crippen LogP contribution in [0.15, 0.2) is 37.0 Å². The van der Waals surface area contributed by atoms with Gasteiger partial charge in [-0.25, -0.2) is 0 Å². The van der Waals surface area contributed by atoms with Crippen LogP contribution in [0.5, 0.6) is 0 Å². The minimum Gasteiger partial charge on any atom is -0.414 e. The minimum atomic E-state index is -1.90. The molecule has 0 aromatic rings. The van der Waals surface area contributed by atoms with Gasteiger partial charge in [0, 0.05) is 23.9 Å². The lowest BCUT2D eigenvalue weighted by atomic mass is 9.57. The van der Waals surface area contributed by atoms with E-state index < -0.39 is 14.1 Å². The van der Waals surface area contributed by atoms with Crippen molar-refractivity contribution in [1.82, 2.24) is 0 Å². The van der Waals surface area contributed by atoms with Crippen LogP contribution in [-0.4, -0.2) is 33.4 Å². The molecule has 2 fully saturated rings. The molecule has 4 atom stereocenters. The highest BCUT2D eigenvalue weighted by Gasteiger charge is 2.55. The van der Waals surface area contributed by atoms with Crippen LogP contribution in [0.4, 0.5) is 0 Å². The van der Waals surface area contributed by atoms with Crippen molar-refractivity contribution in [3.8, 4) is 0 Å².